The van der Waals surface area contributed by atoms with Crippen molar-refractivity contribution in [1.82, 2.24) is 0 Å². The summed E-state index contributed by atoms with van der Waals surface area (Å²) in [5.41, 5.74) is 18.0. The van der Waals surface area contributed by atoms with E-state index >= 15 is 0 Å². The highest BCUT2D eigenvalue weighted by molar-refractivity contribution is 6.31. The van der Waals surface area contributed by atoms with E-state index in [0.29, 0.717) is 5.02 Å². The fourth-order valence-corrected chi connectivity index (χ4v) is 11.4. The van der Waals surface area contributed by atoms with Crippen molar-refractivity contribution in [3.05, 3.63) is 123 Å². The van der Waals surface area contributed by atoms with Crippen LogP contribution in [0, 0.1) is 6.92 Å². The second-order valence-corrected chi connectivity index (χ2v) is 23.4. The highest BCUT2D eigenvalue weighted by Crippen LogP contribution is 2.53. The van der Waals surface area contributed by atoms with Crippen LogP contribution in [0.5, 0.6) is 0 Å². The normalized spacial score (nSPS) is 20.3. The molecule has 3 aliphatic carbocycles. The van der Waals surface area contributed by atoms with Crippen molar-refractivity contribution in [2.75, 3.05) is 16.8 Å². The third-order valence-corrected chi connectivity index (χ3v) is 16.0. The Balaban J connectivity index is 1.25. The Morgan fingerprint density at radius 2 is 0.900 bits per heavy atom. The van der Waals surface area contributed by atoms with Crippen molar-refractivity contribution in [2.45, 2.75) is 161 Å². The van der Waals surface area contributed by atoms with E-state index in [4.69, 9.17) is 16.0 Å². The number of hydrogen-bond donors (Lipinski definition) is 0. The fraction of sp³-hybridized carbons (Fsp3) is 0.464. The Labute approximate surface area is 365 Å². The predicted molar refractivity (Wildman–Crippen MR) is 259 cm³/mol. The SMILES string of the molecule is Cc1cc2c(cc1N(c1cc(Cl)cc(N(C)c3ccc4c(c3)C(C)(C)CCC4(C)C)c1)c1ccc3oc4cc5c(cc4c3c1)C(C)(C)CCC5(C)C)C(C)(C)CCC2(C)C. The second-order valence-electron chi connectivity index (χ2n) is 23.0. The van der Waals surface area contributed by atoms with Gasteiger partial charge >= 0.3 is 0 Å². The molecule has 0 amide bonds. The van der Waals surface area contributed by atoms with Gasteiger partial charge in [0.05, 0.1) is 0 Å². The summed E-state index contributed by atoms with van der Waals surface area (Å²) < 4.78 is 6.71. The maximum atomic E-state index is 7.24. The maximum Gasteiger partial charge on any atom is 0.135 e. The van der Waals surface area contributed by atoms with Crippen LogP contribution in [-0.4, -0.2) is 7.05 Å². The number of halogens is 1. The van der Waals surface area contributed by atoms with Gasteiger partial charge in [-0.25, -0.2) is 0 Å². The minimum absolute atomic E-state index is 0.0534. The average molecular weight is 820 g/mol. The molecule has 0 saturated carbocycles. The zero-order chi connectivity index (χ0) is 43.1. The summed E-state index contributed by atoms with van der Waals surface area (Å²) in [6.45, 7) is 31.1. The highest BCUT2D eigenvalue weighted by atomic mass is 35.5. The van der Waals surface area contributed by atoms with Gasteiger partial charge in [-0.1, -0.05) is 107 Å². The van der Waals surface area contributed by atoms with E-state index in [2.05, 4.69) is 186 Å². The quantitative estimate of drug-likeness (QED) is 0.173. The first kappa shape index (κ1) is 41.2. The van der Waals surface area contributed by atoms with Crippen LogP contribution in [0.2, 0.25) is 5.02 Å². The summed E-state index contributed by atoms with van der Waals surface area (Å²) in [6, 6.07) is 30.3. The maximum absolute atomic E-state index is 7.24. The van der Waals surface area contributed by atoms with Crippen LogP contribution in [0.1, 0.15) is 161 Å². The van der Waals surface area contributed by atoms with Gasteiger partial charge in [0.2, 0.25) is 0 Å². The molecule has 1 aromatic heterocycles. The van der Waals surface area contributed by atoms with E-state index < -0.39 is 0 Å². The Kier molecular flexibility index (Phi) is 9.19. The molecule has 0 aliphatic heterocycles. The standard InChI is InChI=1S/C56H67ClN2O/c1-34-25-43-46(55(10,11)23-21-52(43,4)5)32-48(34)59(37-16-18-49-40(29-37)41-31-45-47(33-50(41)60-49)56(12,13)24-22-54(45,8)9)39-27-35(57)26-38(28-39)58(14)36-15-17-42-44(30-36)53(6,7)20-19-51(42,2)3/h15-18,25-33H,19-24H2,1-14H3. The van der Waals surface area contributed by atoms with Gasteiger partial charge in [-0.05, 0) is 184 Å². The molecule has 9 rings (SSSR count). The topological polar surface area (TPSA) is 19.6 Å². The molecule has 0 spiro atoms. The molecule has 0 saturated heterocycles. The minimum atomic E-state index is 0.0534. The lowest BCUT2D eigenvalue weighted by molar-refractivity contribution is 0.332. The average Bonchev–Trinajstić information content (AvgIpc) is 3.54. The first-order valence-electron chi connectivity index (χ1n) is 22.6. The lowest BCUT2D eigenvalue weighted by atomic mass is 9.63. The lowest BCUT2D eigenvalue weighted by Crippen LogP contribution is -2.34. The van der Waals surface area contributed by atoms with E-state index in [0.717, 1.165) is 40.0 Å². The highest BCUT2D eigenvalue weighted by Gasteiger charge is 2.40. The molecule has 3 nitrogen and oxygen atoms in total. The Morgan fingerprint density at radius 3 is 1.50 bits per heavy atom. The molecule has 60 heavy (non-hydrogen) atoms. The molecular weight excluding hydrogens is 752 g/mol. The molecule has 4 heteroatoms. The molecule has 5 aromatic carbocycles. The minimum Gasteiger partial charge on any atom is -0.456 e. The van der Waals surface area contributed by atoms with Crippen LogP contribution < -0.4 is 9.80 Å². The molecular formula is C56H67ClN2O. The summed E-state index contributed by atoms with van der Waals surface area (Å²) in [4.78, 5) is 4.77. The van der Waals surface area contributed by atoms with Gasteiger partial charge in [0.25, 0.3) is 0 Å². The van der Waals surface area contributed by atoms with E-state index in [1.54, 1.807) is 0 Å². The Bertz CT molecular complexity index is 2720. The number of furan rings is 1. The number of fused-ring (bicyclic) bond motifs is 6. The first-order chi connectivity index (χ1) is 27.9. The Morgan fingerprint density at radius 1 is 0.433 bits per heavy atom. The molecule has 3 aliphatic rings. The summed E-state index contributed by atoms with van der Waals surface area (Å²) in [7, 11) is 2.18. The molecule has 1 heterocycles. The monoisotopic (exact) mass is 818 g/mol. The van der Waals surface area contributed by atoms with Crippen molar-refractivity contribution in [3.8, 4) is 0 Å². The van der Waals surface area contributed by atoms with Crippen LogP contribution in [0.4, 0.5) is 28.4 Å². The predicted octanol–water partition coefficient (Wildman–Crippen LogP) is 16.8. The molecule has 0 radical (unpaired) electrons. The molecule has 0 N–H and O–H groups in total. The largest absolute Gasteiger partial charge is 0.456 e. The van der Waals surface area contributed by atoms with Crippen molar-refractivity contribution in [2.24, 2.45) is 0 Å². The first-order valence-corrected chi connectivity index (χ1v) is 22.9. The zero-order valence-electron chi connectivity index (χ0n) is 38.9. The van der Waals surface area contributed by atoms with Crippen molar-refractivity contribution in [3.63, 3.8) is 0 Å². The number of rotatable bonds is 5. The smallest absolute Gasteiger partial charge is 0.135 e. The molecule has 0 fully saturated rings. The number of anilines is 5. The molecule has 0 unspecified atom stereocenters. The summed E-state index contributed by atoms with van der Waals surface area (Å²) >= 11 is 7.24. The van der Waals surface area contributed by atoms with Crippen LogP contribution in [0.15, 0.2) is 83.3 Å². The summed E-state index contributed by atoms with van der Waals surface area (Å²) in [5.74, 6) is 0. The van der Waals surface area contributed by atoms with Crippen LogP contribution in [-0.2, 0) is 32.5 Å². The van der Waals surface area contributed by atoms with Gasteiger partial charge in [0, 0.05) is 51.3 Å². The molecule has 314 valence electrons. The van der Waals surface area contributed by atoms with E-state index in [1.807, 2.05) is 0 Å². The summed E-state index contributed by atoms with van der Waals surface area (Å²) in [5, 5.41) is 3.04. The second kappa shape index (κ2) is 13.4. The van der Waals surface area contributed by atoms with Gasteiger partial charge in [-0.3, -0.25) is 0 Å². The molecule has 0 bridgehead atoms. The fourth-order valence-electron chi connectivity index (χ4n) is 11.2. The van der Waals surface area contributed by atoms with Crippen molar-refractivity contribution >= 4 is 62.0 Å². The van der Waals surface area contributed by atoms with E-state index in [-0.39, 0.29) is 32.5 Å². The molecule has 6 aromatic rings. The van der Waals surface area contributed by atoms with Crippen LogP contribution >= 0.6 is 11.6 Å². The Hall–Kier alpha value is -4.21. The van der Waals surface area contributed by atoms with Crippen molar-refractivity contribution in [1.29, 1.82) is 0 Å². The van der Waals surface area contributed by atoms with Crippen LogP contribution in [0.25, 0.3) is 21.9 Å². The number of hydrogen-bond acceptors (Lipinski definition) is 3. The number of benzene rings is 5. The number of nitrogens with zero attached hydrogens (tertiary/aromatic N) is 2. The van der Waals surface area contributed by atoms with E-state index in [9.17, 15) is 0 Å². The van der Waals surface area contributed by atoms with Gasteiger partial charge < -0.3 is 14.2 Å². The van der Waals surface area contributed by atoms with Gasteiger partial charge in [-0.2, -0.15) is 0 Å². The number of aryl methyl sites for hydroxylation is 1. The van der Waals surface area contributed by atoms with Crippen LogP contribution in [0.3, 0.4) is 0 Å². The zero-order valence-corrected chi connectivity index (χ0v) is 39.7. The molecule has 0 atom stereocenters. The van der Waals surface area contributed by atoms with Gasteiger partial charge in [0.15, 0.2) is 0 Å². The van der Waals surface area contributed by atoms with Gasteiger partial charge in [-0.15, -0.1) is 0 Å². The lowest BCUT2D eigenvalue weighted by Gasteiger charge is -2.43. The summed E-state index contributed by atoms with van der Waals surface area (Å²) in [6.07, 6.45) is 7.06. The third kappa shape index (κ3) is 6.59. The van der Waals surface area contributed by atoms with Gasteiger partial charge in [0.1, 0.15) is 11.2 Å². The third-order valence-electron chi connectivity index (χ3n) is 15.8. The van der Waals surface area contributed by atoms with E-state index in [1.165, 1.54) is 87.8 Å². The van der Waals surface area contributed by atoms with Crippen molar-refractivity contribution < 1.29 is 4.42 Å².